The van der Waals surface area contributed by atoms with Crippen molar-refractivity contribution in [2.24, 2.45) is 0 Å². The quantitative estimate of drug-likeness (QED) is 0.790. The highest BCUT2D eigenvalue weighted by Crippen LogP contribution is 2.10. The van der Waals surface area contributed by atoms with E-state index in [2.05, 4.69) is 28.5 Å². The number of rotatable bonds is 6. The lowest BCUT2D eigenvalue weighted by atomic mass is 10.2. The fourth-order valence-corrected chi connectivity index (χ4v) is 1.74. The molecule has 0 amide bonds. The summed E-state index contributed by atoms with van der Waals surface area (Å²) >= 11 is 0. The lowest BCUT2D eigenvalue weighted by Crippen LogP contribution is -2.17. The molecule has 1 N–H and O–H groups in total. The van der Waals surface area contributed by atoms with Crippen molar-refractivity contribution in [3.8, 4) is 5.75 Å². The fourth-order valence-electron chi connectivity index (χ4n) is 1.74. The Labute approximate surface area is 108 Å². The van der Waals surface area contributed by atoms with Gasteiger partial charge in [-0.25, -0.2) is 0 Å². The van der Waals surface area contributed by atoms with Crippen molar-refractivity contribution in [2.45, 2.75) is 13.0 Å². The monoisotopic (exact) mass is 242 g/mol. The first-order valence-electron chi connectivity index (χ1n) is 6.12. The van der Waals surface area contributed by atoms with Crippen LogP contribution in [0.5, 0.6) is 5.75 Å². The van der Waals surface area contributed by atoms with Gasteiger partial charge in [0.05, 0.1) is 7.11 Å². The Morgan fingerprint density at radius 1 is 1.11 bits per heavy atom. The third kappa shape index (κ3) is 3.86. The molecule has 1 aromatic heterocycles. The molecule has 0 atom stereocenters. The fraction of sp³-hybridized carbons (Fsp3) is 0.267. The highest BCUT2D eigenvalue weighted by molar-refractivity contribution is 5.26. The van der Waals surface area contributed by atoms with Crippen molar-refractivity contribution >= 4 is 0 Å². The minimum Gasteiger partial charge on any atom is -0.497 e. The number of ether oxygens (including phenoxy) is 1. The van der Waals surface area contributed by atoms with E-state index in [-0.39, 0.29) is 0 Å². The number of benzene rings is 1. The molecule has 2 aromatic rings. The van der Waals surface area contributed by atoms with Crippen LogP contribution in [0.25, 0.3) is 0 Å². The molecule has 0 aliphatic carbocycles. The summed E-state index contributed by atoms with van der Waals surface area (Å²) in [7, 11) is 1.68. The van der Waals surface area contributed by atoms with Crippen molar-refractivity contribution < 1.29 is 4.74 Å². The molecule has 0 saturated carbocycles. The van der Waals surface area contributed by atoms with Gasteiger partial charge in [0.15, 0.2) is 0 Å². The SMILES string of the molecule is COc1ccc(CNCCc2ccccn2)cc1. The van der Waals surface area contributed by atoms with E-state index >= 15 is 0 Å². The molecule has 94 valence electrons. The van der Waals surface area contributed by atoms with Crippen molar-refractivity contribution in [2.75, 3.05) is 13.7 Å². The van der Waals surface area contributed by atoms with Gasteiger partial charge in [0.2, 0.25) is 0 Å². The zero-order valence-electron chi connectivity index (χ0n) is 10.6. The number of aromatic nitrogens is 1. The third-order valence-electron chi connectivity index (χ3n) is 2.77. The molecule has 0 saturated heterocycles. The Hall–Kier alpha value is -1.87. The molecular weight excluding hydrogens is 224 g/mol. The van der Waals surface area contributed by atoms with Crippen LogP contribution in [0.15, 0.2) is 48.7 Å². The van der Waals surface area contributed by atoms with Gasteiger partial charge in [-0.2, -0.15) is 0 Å². The predicted octanol–water partition coefficient (Wildman–Crippen LogP) is 2.42. The van der Waals surface area contributed by atoms with E-state index in [0.29, 0.717) is 0 Å². The van der Waals surface area contributed by atoms with Crippen LogP contribution in [0.4, 0.5) is 0 Å². The Bertz CT molecular complexity index is 454. The Kier molecular flexibility index (Phi) is 4.73. The van der Waals surface area contributed by atoms with Crippen molar-refractivity contribution in [1.29, 1.82) is 0 Å². The van der Waals surface area contributed by atoms with Crippen LogP contribution in [0.3, 0.4) is 0 Å². The zero-order chi connectivity index (χ0) is 12.6. The largest absolute Gasteiger partial charge is 0.497 e. The van der Waals surface area contributed by atoms with Gasteiger partial charge in [0.25, 0.3) is 0 Å². The normalized spacial score (nSPS) is 10.3. The molecule has 0 aliphatic heterocycles. The summed E-state index contributed by atoms with van der Waals surface area (Å²) in [5, 5.41) is 3.41. The summed E-state index contributed by atoms with van der Waals surface area (Å²) in [6.45, 7) is 1.81. The maximum atomic E-state index is 5.12. The average molecular weight is 242 g/mol. The van der Waals surface area contributed by atoms with Crippen molar-refractivity contribution in [3.05, 3.63) is 59.9 Å². The molecule has 3 nitrogen and oxygen atoms in total. The van der Waals surface area contributed by atoms with Gasteiger partial charge in [-0.1, -0.05) is 18.2 Å². The van der Waals surface area contributed by atoms with E-state index in [0.717, 1.165) is 31.0 Å². The van der Waals surface area contributed by atoms with Crippen LogP contribution >= 0.6 is 0 Å². The summed E-state index contributed by atoms with van der Waals surface area (Å²) in [5.74, 6) is 0.896. The van der Waals surface area contributed by atoms with Crippen LogP contribution in [0.1, 0.15) is 11.3 Å². The first-order valence-corrected chi connectivity index (χ1v) is 6.12. The standard InChI is InChI=1S/C15H18N2O/c1-18-15-7-5-13(6-8-15)12-16-11-9-14-4-2-3-10-17-14/h2-8,10,16H,9,11-12H2,1H3. The van der Waals surface area contributed by atoms with Crippen molar-refractivity contribution in [1.82, 2.24) is 10.3 Å². The van der Waals surface area contributed by atoms with Gasteiger partial charge in [-0.3, -0.25) is 4.98 Å². The minimum atomic E-state index is 0.872. The van der Waals surface area contributed by atoms with Crippen LogP contribution in [-0.2, 0) is 13.0 Å². The van der Waals surface area contributed by atoms with E-state index < -0.39 is 0 Å². The van der Waals surface area contributed by atoms with Gasteiger partial charge >= 0.3 is 0 Å². The molecule has 0 spiro atoms. The molecule has 18 heavy (non-hydrogen) atoms. The summed E-state index contributed by atoms with van der Waals surface area (Å²) in [5.41, 5.74) is 2.39. The minimum absolute atomic E-state index is 0.872. The average Bonchev–Trinajstić information content (AvgIpc) is 2.45. The first-order chi connectivity index (χ1) is 8.88. The van der Waals surface area contributed by atoms with Crippen molar-refractivity contribution in [3.63, 3.8) is 0 Å². The predicted molar refractivity (Wildman–Crippen MR) is 72.6 cm³/mol. The topological polar surface area (TPSA) is 34.1 Å². The molecule has 1 aromatic carbocycles. The molecule has 0 unspecified atom stereocenters. The second-order valence-electron chi connectivity index (χ2n) is 4.10. The number of hydrogen-bond donors (Lipinski definition) is 1. The smallest absolute Gasteiger partial charge is 0.118 e. The molecular formula is C15H18N2O. The van der Waals surface area contributed by atoms with Gasteiger partial charge in [0, 0.05) is 31.4 Å². The molecule has 0 aliphatic rings. The number of nitrogens with zero attached hydrogens (tertiary/aromatic N) is 1. The molecule has 0 radical (unpaired) electrons. The number of hydrogen-bond acceptors (Lipinski definition) is 3. The number of pyridine rings is 1. The third-order valence-corrected chi connectivity index (χ3v) is 2.77. The van der Waals surface area contributed by atoms with Gasteiger partial charge < -0.3 is 10.1 Å². The van der Waals surface area contributed by atoms with E-state index in [9.17, 15) is 0 Å². The maximum Gasteiger partial charge on any atom is 0.118 e. The molecule has 3 heteroatoms. The Morgan fingerprint density at radius 3 is 2.61 bits per heavy atom. The van der Waals surface area contributed by atoms with Gasteiger partial charge in [-0.15, -0.1) is 0 Å². The number of methoxy groups -OCH3 is 1. The zero-order valence-corrected chi connectivity index (χ0v) is 10.6. The maximum absolute atomic E-state index is 5.12. The molecule has 1 heterocycles. The van der Waals surface area contributed by atoms with Crippen LogP contribution < -0.4 is 10.1 Å². The van der Waals surface area contributed by atoms with E-state index in [1.54, 1.807) is 7.11 Å². The van der Waals surface area contributed by atoms with Gasteiger partial charge in [0.1, 0.15) is 5.75 Å². The lowest BCUT2D eigenvalue weighted by Gasteiger charge is -2.05. The molecule has 0 bridgehead atoms. The second-order valence-corrected chi connectivity index (χ2v) is 4.10. The van der Waals surface area contributed by atoms with E-state index in [4.69, 9.17) is 4.74 Å². The summed E-state index contributed by atoms with van der Waals surface area (Å²) in [6.07, 6.45) is 2.79. The van der Waals surface area contributed by atoms with Crippen LogP contribution in [0.2, 0.25) is 0 Å². The molecule has 0 fully saturated rings. The molecule has 2 rings (SSSR count). The second kappa shape index (κ2) is 6.77. The number of nitrogens with one attached hydrogen (secondary N) is 1. The summed E-state index contributed by atoms with van der Waals surface area (Å²) < 4.78 is 5.12. The summed E-state index contributed by atoms with van der Waals surface area (Å²) in [6, 6.07) is 14.1. The van der Waals surface area contributed by atoms with Crippen LogP contribution in [-0.4, -0.2) is 18.6 Å². The van der Waals surface area contributed by atoms with E-state index in [1.165, 1.54) is 5.56 Å². The first kappa shape index (κ1) is 12.6. The van der Waals surface area contributed by atoms with Crippen LogP contribution in [0, 0.1) is 0 Å². The lowest BCUT2D eigenvalue weighted by molar-refractivity contribution is 0.414. The Morgan fingerprint density at radius 2 is 1.94 bits per heavy atom. The highest BCUT2D eigenvalue weighted by atomic mass is 16.5. The van der Waals surface area contributed by atoms with Gasteiger partial charge in [-0.05, 0) is 29.8 Å². The summed E-state index contributed by atoms with van der Waals surface area (Å²) in [4.78, 5) is 4.29. The highest BCUT2D eigenvalue weighted by Gasteiger charge is 1.95. The Balaban J connectivity index is 1.72. The van der Waals surface area contributed by atoms with E-state index in [1.807, 2.05) is 30.5 Å².